The number of carbonyl (C=O) groups excluding carboxylic acids is 2. The highest BCUT2D eigenvalue weighted by Crippen LogP contribution is 2.42. The Balaban J connectivity index is 0.000000228. The second kappa shape index (κ2) is 20.4. The van der Waals surface area contributed by atoms with Crippen LogP contribution < -0.4 is 15.9 Å². The molecule has 0 aliphatic heterocycles. The Hall–Kier alpha value is -1.53. The smallest absolute Gasteiger partial charge is 0.309 e. The fourth-order valence-electron chi connectivity index (χ4n) is 4.37. The first-order valence-corrected chi connectivity index (χ1v) is 20.2. The van der Waals surface area contributed by atoms with E-state index >= 15 is 0 Å². The minimum Gasteiger partial charge on any atom is -0.466 e. The summed E-state index contributed by atoms with van der Waals surface area (Å²) in [5.74, 6) is 1.59. The van der Waals surface area contributed by atoms with E-state index in [-0.39, 0.29) is 23.8 Å². The van der Waals surface area contributed by atoms with Crippen molar-refractivity contribution in [3.05, 3.63) is 91.0 Å². The first kappa shape index (κ1) is 35.7. The van der Waals surface area contributed by atoms with Gasteiger partial charge in [0.25, 0.3) is 0 Å². The molecule has 4 atom stereocenters. The molecular weight excluding hydrogens is 731 g/mol. The average molecular weight is 771 g/mol. The van der Waals surface area contributed by atoms with Crippen LogP contribution in [0.25, 0.3) is 0 Å². The molecule has 2 fully saturated rings. The van der Waals surface area contributed by atoms with Gasteiger partial charge in [-0.3, -0.25) is 9.59 Å². The Morgan fingerprint density at radius 2 is 1.00 bits per heavy atom. The molecule has 41 heavy (non-hydrogen) atoms. The molecule has 0 saturated heterocycles. The third kappa shape index (κ3) is 12.3. The van der Waals surface area contributed by atoms with Crippen LogP contribution in [0, 0.1) is 23.7 Å². The van der Waals surface area contributed by atoms with Crippen LogP contribution in [0.5, 0.6) is 0 Å². The maximum Gasteiger partial charge on any atom is 0.309 e. The third-order valence-electron chi connectivity index (χ3n) is 6.79. The van der Waals surface area contributed by atoms with Crippen molar-refractivity contribution in [3.8, 4) is 0 Å². The second-order valence-corrected chi connectivity index (χ2v) is 12.5. The molecule has 0 radical (unpaired) electrons. The van der Waals surface area contributed by atoms with Gasteiger partial charge in [0.05, 0.1) is 25.0 Å². The number of esters is 2. The van der Waals surface area contributed by atoms with Crippen LogP contribution in [0.2, 0.25) is 0 Å². The SMILES string of the molecule is BrBr.CCOC(=O)[C@@H]1C[C@H]1CBr.CCOC(=O)[C@@H]1C[C@H]1CC.c1ccc(P(c2ccccc2)c2ccccc2)cc1. The molecule has 5 rings (SSSR count). The first-order chi connectivity index (χ1) is 20.0. The number of ether oxygens (including phenoxy) is 2. The molecule has 3 aromatic carbocycles. The highest BCUT2D eigenvalue weighted by atomic mass is 80.9. The lowest BCUT2D eigenvalue weighted by atomic mass is 10.2. The summed E-state index contributed by atoms with van der Waals surface area (Å²) in [7, 11) is -0.446. The zero-order valence-electron chi connectivity index (χ0n) is 23.9. The van der Waals surface area contributed by atoms with E-state index in [4.69, 9.17) is 9.47 Å². The van der Waals surface area contributed by atoms with Gasteiger partial charge in [0.1, 0.15) is 0 Å². The Labute approximate surface area is 270 Å². The molecule has 2 aliphatic rings. The Kier molecular flexibility index (Phi) is 17.7. The van der Waals surface area contributed by atoms with E-state index in [2.05, 4.69) is 142 Å². The molecule has 0 N–H and O–H groups in total. The molecule has 0 spiro atoms. The summed E-state index contributed by atoms with van der Waals surface area (Å²) in [4.78, 5) is 21.9. The second-order valence-electron chi connectivity index (χ2n) is 9.61. The number of hydrogen-bond acceptors (Lipinski definition) is 4. The highest BCUT2D eigenvalue weighted by molar-refractivity contribution is 9.93. The molecule has 0 bridgehead atoms. The van der Waals surface area contributed by atoms with Gasteiger partial charge in [0.2, 0.25) is 0 Å². The summed E-state index contributed by atoms with van der Waals surface area (Å²) in [5, 5.41) is 5.12. The molecule has 2 aliphatic carbocycles. The van der Waals surface area contributed by atoms with Gasteiger partial charge in [-0.1, -0.05) is 120 Å². The van der Waals surface area contributed by atoms with E-state index in [0.717, 1.165) is 24.6 Å². The van der Waals surface area contributed by atoms with Gasteiger partial charge >= 0.3 is 11.9 Å². The molecule has 0 heterocycles. The zero-order chi connectivity index (χ0) is 30.0. The average Bonchev–Trinajstić information content (AvgIpc) is 3.96. The van der Waals surface area contributed by atoms with Crippen LogP contribution in [-0.2, 0) is 19.1 Å². The highest BCUT2D eigenvalue weighted by Gasteiger charge is 2.43. The number of hydrogen-bond donors (Lipinski definition) is 0. The van der Waals surface area contributed by atoms with Crippen LogP contribution in [0.1, 0.15) is 40.0 Å². The van der Waals surface area contributed by atoms with Crippen LogP contribution in [0.4, 0.5) is 0 Å². The Morgan fingerprint density at radius 1 is 0.659 bits per heavy atom. The van der Waals surface area contributed by atoms with Crippen molar-refractivity contribution in [3.63, 3.8) is 0 Å². The van der Waals surface area contributed by atoms with E-state index in [1.807, 2.05) is 13.8 Å². The van der Waals surface area contributed by atoms with Gasteiger partial charge < -0.3 is 9.47 Å². The van der Waals surface area contributed by atoms with Gasteiger partial charge in [-0.2, -0.15) is 0 Å². The number of benzene rings is 3. The fourth-order valence-corrected chi connectivity index (χ4v) is 7.39. The molecule has 3 aromatic rings. The van der Waals surface area contributed by atoms with Crippen LogP contribution in [0.15, 0.2) is 91.0 Å². The van der Waals surface area contributed by atoms with E-state index in [1.54, 1.807) is 0 Å². The van der Waals surface area contributed by atoms with E-state index in [1.165, 1.54) is 15.9 Å². The Morgan fingerprint density at radius 3 is 1.27 bits per heavy atom. The topological polar surface area (TPSA) is 52.6 Å². The summed E-state index contributed by atoms with van der Waals surface area (Å²) in [5.41, 5.74) is 0. The summed E-state index contributed by atoms with van der Waals surface area (Å²) in [6.07, 6.45) is 3.17. The van der Waals surface area contributed by atoms with Gasteiger partial charge in [-0.05, 0) is 62.4 Å². The van der Waals surface area contributed by atoms with Crippen molar-refractivity contribution in [2.45, 2.75) is 40.0 Å². The van der Waals surface area contributed by atoms with Crippen LogP contribution in [-0.4, -0.2) is 30.5 Å². The first-order valence-electron chi connectivity index (χ1n) is 14.0. The van der Waals surface area contributed by atoms with E-state index < -0.39 is 7.92 Å². The fraction of sp³-hybridized carbons (Fsp3) is 0.394. The van der Waals surface area contributed by atoms with Crippen molar-refractivity contribution in [1.82, 2.24) is 0 Å². The lowest BCUT2D eigenvalue weighted by Gasteiger charge is -2.18. The molecule has 2 saturated carbocycles. The van der Waals surface area contributed by atoms with Crippen molar-refractivity contribution in [2.75, 3.05) is 18.5 Å². The number of rotatable bonds is 9. The van der Waals surface area contributed by atoms with Gasteiger partial charge in [0.15, 0.2) is 0 Å². The quantitative estimate of drug-likeness (QED) is 0.125. The number of alkyl halides is 1. The number of carbonyl (C=O) groups is 2. The van der Waals surface area contributed by atoms with Gasteiger partial charge in [-0.25, -0.2) is 0 Å². The van der Waals surface area contributed by atoms with Gasteiger partial charge in [-0.15, -0.1) is 0 Å². The molecular formula is C33H40Br3O4P. The summed E-state index contributed by atoms with van der Waals surface area (Å²) < 4.78 is 9.70. The van der Waals surface area contributed by atoms with Crippen LogP contribution >= 0.6 is 52.1 Å². The van der Waals surface area contributed by atoms with Crippen molar-refractivity contribution in [2.24, 2.45) is 23.7 Å². The zero-order valence-corrected chi connectivity index (χ0v) is 29.6. The maximum atomic E-state index is 11.0. The van der Waals surface area contributed by atoms with Crippen molar-refractivity contribution in [1.29, 1.82) is 0 Å². The lowest BCUT2D eigenvalue weighted by Crippen LogP contribution is -2.20. The molecule has 4 nitrogen and oxygen atoms in total. The Bertz CT molecular complexity index is 1010. The lowest BCUT2D eigenvalue weighted by molar-refractivity contribution is -0.145. The third-order valence-corrected chi connectivity index (χ3v) is 10.1. The monoisotopic (exact) mass is 768 g/mol. The van der Waals surface area contributed by atoms with E-state index in [9.17, 15) is 9.59 Å². The van der Waals surface area contributed by atoms with Gasteiger partial charge in [0, 0.05) is 33.6 Å². The molecule has 0 amide bonds. The number of halogens is 3. The van der Waals surface area contributed by atoms with Crippen molar-refractivity contribution >= 4 is 80.0 Å². The van der Waals surface area contributed by atoms with Crippen molar-refractivity contribution < 1.29 is 19.1 Å². The molecule has 0 aromatic heterocycles. The minimum absolute atomic E-state index is 0.00866. The van der Waals surface area contributed by atoms with E-state index in [0.29, 0.717) is 25.0 Å². The molecule has 222 valence electrons. The standard InChI is InChI=1S/C18H15P.C8H14O2.C7H11BrO2.Br2/c1-4-10-16(11-5-1)19(17-12-6-2-7-13-17)18-14-8-3-9-15-18;1-3-6-5-7(6)8(9)10-4-2;1-2-10-7(9)6-3-5(6)4-8;1-2/h1-15H;6-7H,3-5H2,1-2H3;5-6H,2-4H2,1H3;/t;6-,7-;5-,6+;/m.10./s1. The molecule has 0 unspecified atom stereocenters. The predicted octanol–water partition coefficient (Wildman–Crippen LogP) is 8.31. The normalized spacial score (nSPS) is 19.6. The summed E-state index contributed by atoms with van der Waals surface area (Å²) >= 11 is 8.83. The molecule has 8 heteroatoms. The minimum atomic E-state index is -0.446. The largest absolute Gasteiger partial charge is 0.466 e. The summed E-state index contributed by atoms with van der Waals surface area (Å²) in [6, 6.07) is 32.3. The maximum absolute atomic E-state index is 11.0. The predicted molar refractivity (Wildman–Crippen MR) is 184 cm³/mol. The van der Waals surface area contributed by atoms with Crippen LogP contribution in [0.3, 0.4) is 0 Å². The summed E-state index contributed by atoms with van der Waals surface area (Å²) in [6.45, 7) is 6.82.